The maximum Gasteiger partial charge on any atom is 0.303 e. The average Bonchev–Trinajstić information content (AvgIpc) is 2.56. The van der Waals surface area contributed by atoms with Crippen molar-refractivity contribution in [1.29, 1.82) is 0 Å². The summed E-state index contributed by atoms with van der Waals surface area (Å²) in [5.74, 6) is -1.18. The Kier molecular flexibility index (Phi) is 9.17. The van der Waals surface area contributed by atoms with Gasteiger partial charge in [0.05, 0.1) is 18.0 Å². The molecule has 0 aromatic heterocycles. The van der Waals surface area contributed by atoms with Crippen molar-refractivity contribution < 1.29 is 18.6 Å². The largest absolute Gasteiger partial charge is 0.485 e. The van der Waals surface area contributed by atoms with Gasteiger partial charge in [-0.2, -0.15) is 4.39 Å². The second-order valence-corrected chi connectivity index (χ2v) is 6.09. The Morgan fingerprint density at radius 3 is 1.61 bits per heavy atom. The Bertz CT molecular complexity index is 543. The zero-order valence-corrected chi connectivity index (χ0v) is 14.3. The number of allylic oxidation sites excluding steroid dienone is 1. The zero-order chi connectivity index (χ0) is 17.1. The number of hydrogen-bond donors (Lipinski definition) is 1. The van der Waals surface area contributed by atoms with Gasteiger partial charge in [0.2, 0.25) is 0 Å². The Morgan fingerprint density at radius 2 is 1.35 bits per heavy atom. The Hall–Kier alpha value is -1.72. The molecule has 2 aromatic rings. The lowest BCUT2D eigenvalue weighted by Crippen LogP contribution is -1.93. The number of benzene rings is 2. The summed E-state index contributed by atoms with van der Waals surface area (Å²) in [6, 6.07) is 18.7. The van der Waals surface area contributed by atoms with E-state index >= 15 is 0 Å². The summed E-state index contributed by atoms with van der Waals surface area (Å²) in [5.41, 5.74) is 2.43. The highest BCUT2D eigenvalue weighted by molar-refractivity contribution is 9.09. The molecule has 2 aromatic carbocycles. The molecule has 0 aliphatic carbocycles. The van der Waals surface area contributed by atoms with Crippen molar-refractivity contribution in [2.75, 3.05) is 0 Å². The van der Waals surface area contributed by atoms with Crippen LogP contribution < -0.4 is 0 Å². The summed E-state index contributed by atoms with van der Waals surface area (Å²) < 4.78 is 28.8. The Balaban J connectivity index is 0.000000284. The third-order valence-corrected chi connectivity index (χ3v) is 3.17. The Morgan fingerprint density at radius 1 is 0.957 bits per heavy atom. The van der Waals surface area contributed by atoms with Crippen molar-refractivity contribution in [3.05, 3.63) is 83.6 Å². The van der Waals surface area contributed by atoms with E-state index in [1.54, 1.807) is 0 Å². The molecule has 1 atom stereocenters. The van der Waals surface area contributed by atoms with Crippen LogP contribution in [-0.2, 0) is 18.0 Å². The number of aliphatic hydroxyl groups is 1. The number of ether oxygens (including phenoxy) is 1. The molecule has 0 amide bonds. The maximum absolute atomic E-state index is 11.9. The SMILES string of the molecule is CC(Br)C(F)=C(O)F.c1ccc(COCc2ccccc2)cc1. The predicted octanol–water partition coefficient (Wildman–Crippen LogP) is 5.84. The first-order valence-electron chi connectivity index (χ1n) is 7.04. The van der Waals surface area contributed by atoms with Crippen molar-refractivity contribution in [1.82, 2.24) is 0 Å². The van der Waals surface area contributed by atoms with Crippen LogP contribution in [0.25, 0.3) is 0 Å². The van der Waals surface area contributed by atoms with Crippen molar-refractivity contribution >= 4 is 15.9 Å². The molecule has 0 heterocycles. The lowest BCUT2D eigenvalue weighted by atomic mass is 10.2. The number of hydrogen-bond acceptors (Lipinski definition) is 2. The van der Waals surface area contributed by atoms with Crippen LogP contribution in [0.1, 0.15) is 18.1 Å². The molecule has 23 heavy (non-hydrogen) atoms. The van der Waals surface area contributed by atoms with E-state index in [4.69, 9.17) is 9.84 Å². The number of alkyl halides is 1. The molecule has 5 heteroatoms. The van der Waals surface area contributed by atoms with Gasteiger partial charge in [-0.15, -0.1) is 0 Å². The van der Waals surface area contributed by atoms with Crippen LogP contribution in [0.15, 0.2) is 72.5 Å². The highest BCUT2D eigenvalue weighted by Crippen LogP contribution is 2.15. The van der Waals surface area contributed by atoms with Gasteiger partial charge in [-0.1, -0.05) is 76.6 Å². The third kappa shape index (κ3) is 8.47. The maximum atomic E-state index is 11.9. The van der Waals surface area contributed by atoms with Crippen molar-refractivity contribution in [2.45, 2.75) is 25.0 Å². The predicted molar refractivity (Wildman–Crippen MR) is 91.6 cm³/mol. The van der Waals surface area contributed by atoms with Crippen LogP contribution in [0.3, 0.4) is 0 Å². The monoisotopic (exact) mass is 384 g/mol. The second-order valence-electron chi connectivity index (χ2n) is 4.72. The van der Waals surface area contributed by atoms with E-state index in [0.717, 1.165) is 0 Å². The summed E-state index contributed by atoms with van der Waals surface area (Å²) >= 11 is 2.71. The lowest BCUT2D eigenvalue weighted by Gasteiger charge is -2.03. The second kappa shape index (κ2) is 10.9. The highest BCUT2D eigenvalue weighted by Gasteiger charge is 2.08. The van der Waals surface area contributed by atoms with Crippen molar-refractivity contribution in [2.24, 2.45) is 0 Å². The standard InChI is InChI=1S/C14H14O.C4H5BrF2O/c1-3-7-13(8-4-1)11-15-12-14-9-5-2-6-10-14;1-2(5)3(6)4(7)8/h1-10H,11-12H2;2,8H,1H3. The molecule has 0 fully saturated rings. The van der Waals surface area contributed by atoms with Gasteiger partial charge in [0.25, 0.3) is 0 Å². The van der Waals surface area contributed by atoms with Gasteiger partial charge in [0.15, 0.2) is 5.83 Å². The van der Waals surface area contributed by atoms with E-state index in [9.17, 15) is 8.78 Å². The van der Waals surface area contributed by atoms with E-state index in [2.05, 4.69) is 40.2 Å². The molecular formula is C18H19BrF2O2. The van der Waals surface area contributed by atoms with Gasteiger partial charge in [0.1, 0.15) is 0 Å². The van der Waals surface area contributed by atoms with E-state index < -0.39 is 16.7 Å². The summed E-state index contributed by atoms with van der Waals surface area (Å²) in [6.07, 6.45) is 0. The summed E-state index contributed by atoms with van der Waals surface area (Å²) in [7, 11) is 0. The van der Waals surface area contributed by atoms with Gasteiger partial charge in [-0.05, 0) is 18.1 Å². The fraction of sp³-hybridized carbons (Fsp3) is 0.222. The highest BCUT2D eigenvalue weighted by atomic mass is 79.9. The molecule has 2 rings (SSSR count). The van der Waals surface area contributed by atoms with E-state index in [1.807, 2.05) is 36.4 Å². The summed E-state index contributed by atoms with van der Waals surface area (Å²) in [6.45, 7) is 2.72. The normalized spacial score (nSPS) is 12.7. The van der Waals surface area contributed by atoms with Crippen LogP contribution in [0, 0.1) is 0 Å². The minimum atomic E-state index is -1.76. The molecule has 1 unspecified atom stereocenters. The number of rotatable bonds is 5. The molecule has 0 saturated heterocycles. The van der Waals surface area contributed by atoms with Crippen LogP contribution in [-0.4, -0.2) is 9.93 Å². The minimum absolute atomic E-state index is 0.676. The lowest BCUT2D eigenvalue weighted by molar-refractivity contribution is 0.107. The van der Waals surface area contributed by atoms with Crippen LogP contribution >= 0.6 is 15.9 Å². The van der Waals surface area contributed by atoms with Gasteiger partial charge >= 0.3 is 6.01 Å². The first-order valence-corrected chi connectivity index (χ1v) is 7.96. The average molecular weight is 385 g/mol. The smallest absolute Gasteiger partial charge is 0.303 e. The van der Waals surface area contributed by atoms with Crippen LogP contribution in [0.2, 0.25) is 0 Å². The number of aliphatic hydroxyl groups excluding tert-OH is 1. The fourth-order valence-electron chi connectivity index (χ4n) is 1.60. The first-order chi connectivity index (χ1) is 11.0. The topological polar surface area (TPSA) is 29.5 Å². The van der Waals surface area contributed by atoms with E-state index in [0.29, 0.717) is 13.2 Å². The quantitative estimate of drug-likeness (QED) is 0.518. The Labute approximate surface area is 143 Å². The van der Waals surface area contributed by atoms with Gasteiger partial charge in [-0.25, -0.2) is 4.39 Å². The van der Waals surface area contributed by atoms with Gasteiger partial charge < -0.3 is 9.84 Å². The zero-order valence-electron chi connectivity index (χ0n) is 12.8. The first kappa shape index (κ1) is 19.3. The van der Waals surface area contributed by atoms with E-state index in [-0.39, 0.29) is 0 Å². The molecule has 0 bridgehead atoms. The third-order valence-electron chi connectivity index (χ3n) is 2.77. The van der Waals surface area contributed by atoms with Gasteiger partial charge in [0, 0.05) is 0 Å². The van der Waals surface area contributed by atoms with Crippen molar-refractivity contribution in [3.63, 3.8) is 0 Å². The molecule has 0 aliphatic rings. The molecule has 0 spiro atoms. The summed E-state index contributed by atoms with van der Waals surface area (Å²) in [4.78, 5) is -0.757. The number of halogens is 3. The summed E-state index contributed by atoms with van der Waals surface area (Å²) in [5, 5.41) is 7.80. The molecule has 1 N–H and O–H groups in total. The van der Waals surface area contributed by atoms with Crippen LogP contribution in [0.5, 0.6) is 0 Å². The van der Waals surface area contributed by atoms with Crippen molar-refractivity contribution in [3.8, 4) is 0 Å². The van der Waals surface area contributed by atoms with Gasteiger partial charge in [-0.3, -0.25) is 0 Å². The molecular weight excluding hydrogens is 366 g/mol. The fourth-order valence-corrected chi connectivity index (χ4v) is 1.79. The van der Waals surface area contributed by atoms with E-state index in [1.165, 1.54) is 18.1 Å². The molecule has 0 saturated carbocycles. The molecule has 2 nitrogen and oxygen atoms in total. The molecule has 0 aliphatic heterocycles. The van der Waals surface area contributed by atoms with Crippen LogP contribution in [0.4, 0.5) is 8.78 Å². The molecule has 124 valence electrons. The molecule has 0 radical (unpaired) electrons. The minimum Gasteiger partial charge on any atom is -0.485 e.